The van der Waals surface area contributed by atoms with Crippen molar-refractivity contribution < 1.29 is 9.53 Å². The summed E-state index contributed by atoms with van der Waals surface area (Å²) in [5.74, 6) is -0.259. The van der Waals surface area contributed by atoms with Gasteiger partial charge in [-0.3, -0.25) is 4.79 Å². The maximum absolute atomic E-state index is 11.2. The Morgan fingerprint density at radius 1 is 1.47 bits per heavy atom. The summed E-state index contributed by atoms with van der Waals surface area (Å²) in [6.45, 7) is 3.66. The van der Waals surface area contributed by atoms with Crippen molar-refractivity contribution in [2.24, 2.45) is 0 Å². The Balaban J connectivity index is 2.74. The van der Waals surface area contributed by atoms with E-state index >= 15 is 0 Å². The lowest BCUT2D eigenvalue weighted by molar-refractivity contribution is -0.145. The van der Waals surface area contributed by atoms with Crippen LogP contribution in [0.5, 0.6) is 0 Å². The molecule has 2 nitrogen and oxygen atoms in total. The lowest BCUT2D eigenvalue weighted by atomic mass is 10.1. The second kappa shape index (κ2) is 6.40. The highest BCUT2D eigenvalue weighted by molar-refractivity contribution is 9.09. The predicted octanol–water partition coefficient (Wildman–Crippen LogP) is 3.24. The van der Waals surface area contributed by atoms with E-state index in [9.17, 15) is 4.79 Å². The fraction of sp³-hybridized carbons (Fsp3) is 0.250. The summed E-state index contributed by atoms with van der Waals surface area (Å²) in [7, 11) is 0. The van der Waals surface area contributed by atoms with Crippen LogP contribution in [0.15, 0.2) is 43.0 Å². The van der Waals surface area contributed by atoms with Crippen LogP contribution in [0.4, 0.5) is 0 Å². The van der Waals surface area contributed by atoms with Gasteiger partial charge in [0.15, 0.2) is 0 Å². The van der Waals surface area contributed by atoms with Crippen molar-refractivity contribution in [2.45, 2.75) is 12.5 Å². The number of hydrogen-bond donors (Lipinski definition) is 0. The van der Waals surface area contributed by atoms with Gasteiger partial charge in [0.1, 0.15) is 11.4 Å². The molecule has 0 aliphatic rings. The van der Waals surface area contributed by atoms with Crippen LogP contribution in [0, 0.1) is 0 Å². The fourth-order valence-electron chi connectivity index (χ4n) is 1.26. The number of alkyl halides is 1. The van der Waals surface area contributed by atoms with Gasteiger partial charge in [0.05, 0.1) is 0 Å². The van der Waals surface area contributed by atoms with Gasteiger partial charge >= 0.3 is 5.97 Å². The third-order valence-corrected chi connectivity index (χ3v) is 2.39. The molecule has 0 heterocycles. The molecule has 0 aromatic heterocycles. The normalized spacial score (nSPS) is 11.8. The third-order valence-electron chi connectivity index (χ3n) is 1.93. The number of ether oxygens (including phenoxy) is 1. The molecular formula is C12H13BrO2. The Kier molecular flexibility index (Phi) is 5.12. The van der Waals surface area contributed by atoms with E-state index in [0.717, 1.165) is 5.56 Å². The zero-order valence-electron chi connectivity index (χ0n) is 8.36. The standard InChI is InChI=1S/C12H13BrO2/c1-2-6-11(15-12(14)9-13)10-7-4-3-5-8-10/h2-5,7-8,11H,1,6,9H2. The van der Waals surface area contributed by atoms with E-state index in [4.69, 9.17) is 4.74 Å². The van der Waals surface area contributed by atoms with Crippen LogP contribution in [-0.4, -0.2) is 11.3 Å². The highest BCUT2D eigenvalue weighted by Crippen LogP contribution is 2.21. The Morgan fingerprint density at radius 2 is 2.13 bits per heavy atom. The molecule has 1 unspecified atom stereocenters. The van der Waals surface area contributed by atoms with E-state index in [1.807, 2.05) is 30.3 Å². The SMILES string of the molecule is C=CCC(OC(=O)CBr)c1ccccc1. The van der Waals surface area contributed by atoms with Crippen molar-refractivity contribution in [3.8, 4) is 0 Å². The first-order valence-corrected chi connectivity index (χ1v) is 5.81. The zero-order chi connectivity index (χ0) is 11.1. The van der Waals surface area contributed by atoms with E-state index in [0.29, 0.717) is 6.42 Å². The summed E-state index contributed by atoms with van der Waals surface area (Å²) < 4.78 is 5.27. The maximum atomic E-state index is 11.2. The first-order chi connectivity index (χ1) is 7.27. The fourth-order valence-corrected chi connectivity index (χ4v) is 1.39. The van der Waals surface area contributed by atoms with Crippen molar-refractivity contribution in [3.05, 3.63) is 48.6 Å². The molecule has 0 aliphatic carbocycles. The van der Waals surface area contributed by atoms with E-state index in [1.54, 1.807) is 6.08 Å². The van der Waals surface area contributed by atoms with Gasteiger partial charge in [0.25, 0.3) is 0 Å². The molecule has 0 aliphatic heterocycles. The Hall–Kier alpha value is -1.09. The highest BCUT2D eigenvalue weighted by Gasteiger charge is 2.13. The minimum absolute atomic E-state index is 0.216. The van der Waals surface area contributed by atoms with Crippen LogP contribution >= 0.6 is 15.9 Å². The van der Waals surface area contributed by atoms with Crippen molar-refractivity contribution in [1.29, 1.82) is 0 Å². The van der Waals surface area contributed by atoms with Gasteiger partial charge in [-0.1, -0.05) is 52.3 Å². The predicted molar refractivity (Wildman–Crippen MR) is 63.9 cm³/mol. The minimum atomic E-state index is -0.259. The van der Waals surface area contributed by atoms with Gasteiger partial charge in [0.2, 0.25) is 0 Å². The van der Waals surface area contributed by atoms with Crippen LogP contribution in [0.3, 0.4) is 0 Å². The molecule has 1 atom stereocenters. The first kappa shape index (κ1) is 12.0. The second-order valence-electron chi connectivity index (χ2n) is 3.05. The van der Waals surface area contributed by atoms with E-state index in [1.165, 1.54) is 0 Å². The van der Waals surface area contributed by atoms with Crippen molar-refractivity contribution in [2.75, 3.05) is 5.33 Å². The number of carbonyl (C=O) groups excluding carboxylic acids is 1. The van der Waals surface area contributed by atoms with Gasteiger partial charge in [-0.2, -0.15) is 0 Å². The lowest BCUT2D eigenvalue weighted by Gasteiger charge is -2.15. The summed E-state index contributed by atoms with van der Waals surface area (Å²) in [6.07, 6.45) is 2.15. The van der Waals surface area contributed by atoms with Crippen LogP contribution in [0.1, 0.15) is 18.1 Å². The van der Waals surface area contributed by atoms with E-state index < -0.39 is 0 Å². The molecule has 0 spiro atoms. The topological polar surface area (TPSA) is 26.3 Å². The smallest absolute Gasteiger partial charge is 0.317 e. The van der Waals surface area contributed by atoms with Gasteiger partial charge in [-0.15, -0.1) is 6.58 Å². The maximum Gasteiger partial charge on any atom is 0.317 e. The molecule has 0 radical (unpaired) electrons. The summed E-state index contributed by atoms with van der Waals surface area (Å²) >= 11 is 3.07. The molecule has 1 aromatic rings. The number of carbonyl (C=O) groups is 1. The molecule has 3 heteroatoms. The molecule has 1 aromatic carbocycles. The number of esters is 1. The van der Waals surface area contributed by atoms with Crippen molar-refractivity contribution in [1.82, 2.24) is 0 Å². The largest absolute Gasteiger partial charge is 0.457 e. The Morgan fingerprint density at radius 3 is 2.67 bits per heavy atom. The number of hydrogen-bond acceptors (Lipinski definition) is 2. The number of rotatable bonds is 5. The van der Waals surface area contributed by atoms with Gasteiger partial charge < -0.3 is 4.74 Å². The van der Waals surface area contributed by atoms with Crippen LogP contribution in [0.25, 0.3) is 0 Å². The van der Waals surface area contributed by atoms with E-state index in [2.05, 4.69) is 22.5 Å². The van der Waals surface area contributed by atoms with Crippen molar-refractivity contribution in [3.63, 3.8) is 0 Å². The van der Waals surface area contributed by atoms with E-state index in [-0.39, 0.29) is 17.4 Å². The van der Waals surface area contributed by atoms with Crippen LogP contribution < -0.4 is 0 Å². The third kappa shape index (κ3) is 3.88. The molecule has 0 saturated carbocycles. The minimum Gasteiger partial charge on any atom is -0.457 e. The molecule has 0 amide bonds. The Bertz CT molecular complexity index is 322. The van der Waals surface area contributed by atoms with Crippen LogP contribution in [0.2, 0.25) is 0 Å². The average Bonchev–Trinajstić information content (AvgIpc) is 2.29. The summed E-state index contributed by atoms with van der Waals surface area (Å²) in [4.78, 5) is 11.2. The quantitative estimate of drug-likeness (QED) is 0.466. The van der Waals surface area contributed by atoms with Gasteiger partial charge in [-0.25, -0.2) is 0 Å². The number of benzene rings is 1. The molecule has 1 rings (SSSR count). The number of halogens is 1. The second-order valence-corrected chi connectivity index (χ2v) is 3.61. The Labute approximate surface area is 98.1 Å². The van der Waals surface area contributed by atoms with Gasteiger partial charge in [0, 0.05) is 6.42 Å². The monoisotopic (exact) mass is 268 g/mol. The highest BCUT2D eigenvalue weighted by atomic mass is 79.9. The average molecular weight is 269 g/mol. The zero-order valence-corrected chi connectivity index (χ0v) is 9.94. The lowest BCUT2D eigenvalue weighted by Crippen LogP contribution is -2.11. The molecular weight excluding hydrogens is 256 g/mol. The summed E-state index contributed by atoms with van der Waals surface area (Å²) in [5.41, 5.74) is 0.992. The van der Waals surface area contributed by atoms with Crippen LogP contribution in [-0.2, 0) is 9.53 Å². The molecule has 80 valence electrons. The molecule has 0 bridgehead atoms. The van der Waals surface area contributed by atoms with Gasteiger partial charge in [-0.05, 0) is 5.56 Å². The molecule has 0 N–H and O–H groups in total. The first-order valence-electron chi connectivity index (χ1n) is 4.69. The molecule has 15 heavy (non-hydrogen) atoms. The summed E-state index contributed by atoms with van der Waals surface area (Å²) in [5, 5.41) is 0.216. The molecule has 0 saturated heterocycles. The van der Waals surface area contributed by atoms with Crippen molar-refractivity contribution >= 4 is 21.9 Å². The summed E-state index contributed by atoms with van der Waals surface area (Å²) in [6, 6.07) is 9.66. The molecule has 0 fully saturated rings.